The Balaban J connectivity index is 2.42. The van der Waals surface area contributed by atoms with E-state index in [4.69, 9.17) is 0 Å². The molecule has 0 aliphatic carbocycles. The first kappa shape index (κ1) is 26.3. The molecule has 0 aromatic carbocycles. The van der Waals surface area contributed by atoms with E-state index in [9.17, 15) is 0 Å². The van der Waals surface area contributed by atoms with E-state index in [-0.39, 0.29) is 11.5 Å². The van der Waals surface area contributed by atoms with Crippen LogP contribution in [-0.2, 0) is 0 Å². The zero-order valence-corrected chi connectivity index (χ0v) is 21.4. The number of hydrogen-bond donors (Lipinski definition) is 0. The molecule has 0 fully saturated rings. The first-order chi connectivity index (χ1) is 15.7. The Kier molecular flexibility index (Phi) is 10.3. The van der Waals surface area contributed by atoms with E-state index in [0.29, 0.717) is 5.92 Å². The highest BCUT2D eigenvalue weighted by molar-refractivity contribution is 5.52. The fourth-order valence-electron chi connectivity index (χ4n) is 3.82. The van der Waals surface area contributed by atoms with Crippen LogP contribution in [0.1, 0.15) is 66.0 Å². The zero-order valence-electron chi connectivity index (χ0n) is 21.4. The van der Waals surface area contributed by atoms with Crippen molar-refractivity contribution in [3.05, 3.63) is 109 Å². The summed E-state index contributed by atoms with van der Waals surface area (Å²) >= 11 is 0. The minimum atomic E-state index is -0.124. The molecule has 2 aromatic heterocycles. The minimum absolute atomic E-state index is 0.124. The van der Waals surface area contributed by atoms with Crippen molar-refractivity contribution < 1.29 is 0 Å². The molecule has 0 N–H and O–H groups in total. The average Bonchev–Trinajstić information content (AvgIpc) is 3.34. The maximum Gasteiger partial charge on any atom is 0.0523 e. The summed E-state index contributed by atoms with van der Waals surface area (Å²) in [5, 5.41) is 0. The number of allylic oxidation sites excluding steroid dienone is 6. The molecule has 2 heterocycles. The van der Waals surface area contributed by atoms with Crippen molar-refractivity contribution in [1.29, 1.82) is 0 Å². The molecule has 33 heavy (non-hydrogen) atoms. The highest BCUT2D eigenvalue weighted by Crippen LogP contribution is 2.36. The van der Waals surface area contributed by atoms with Gasteiger partial charge in [0.05, 0.1) is 6.04 Å². The van der Waals surface area contributed by atoms with Crippen LogP contribution in [0.25, 0.3) is 11.8 Å². The molecule has 0 saturated heterocycles. The van der Waals surface area contributed by atoms with Gasteiger partial charge in [-0.25, -0.2) is 0 Å². The molecule has 0 spiro atoms. The van der Waals surface area contributed by atoms with Gasteiger partial charge in [0, 0.05) is 35.9 Å². The molecule has 0 aliphatic heterocycles. The third kappa shape index (κ3) is 8.46. The molecule has 1 unspecified atom stereocenters. The van der Waals surface area contributed by atoms with Gasteiger partial charge in [-0.15, -0.1) is 0 Å². The van der Waals surface area contributed by atoms with Gasteiger partial charge in [0.2, 0.25) is 0 Å². The van der Waals surface area contributed by atoms with Gasteiger partial charge in [-0.05, 0) is 61.9 Å². The maximum absolute atomic E-state index is 4.35. The number of rotatable bonds is 10. The number of hydrogen-bond acceptors (Lipinski definition) is 0. The molecule has 176 valence electrons. The van der Waals surface area contributed by atoms with Crippen molar-refractivity contribution >= 4 is 11.8 Å². The van der Waals surface area contributed by atoms with Crippen LogP contribution in [-0.4, -0.2) is 9.13 Å². The highest BCUT2D eigenvalue weighted by atomic mass is 15.0. The van der Waals surface area contributed by atoms with E-state index in [1.807, 2.05) is 0 Å². The second kappa shape index (κ2) is 12.9. The van der Waals surface area contributed by atoms with Gasteiger partial charge < -0.3 is 9.13 Å². The largest absolute Gasteiger partial charge is 0.347 e. The predicted octanol–water partition coefficient (Wildman–Crippen LogP) is 9.12. The average molecular weight is 443 g/mol. The summed E-state index contributed by atoms with van der Waals surface area (Å²) in [6, 6.07) is 14.9. The Morgan fingerprint density at radius 1 is 1.00 bits per heavy atom. The normalized spacial score (nSPS) is 13.6. The quantitative estimate of drug-likeness (QED) is 0.325. The lowest BCUT2D eigenvalue weighted by Gasteiger charge is -2.30. The fraction of sp³-hybridized carbons (Fsp3) is 0.355. The lowest BCUT2D eigenvalue weighted by atomic mass is 9.79. The minimum Gasteiger partial charge on any atom is -0.347 e. The Hall–Kier alpha value is -3.00. The Morgan fingerprint density at radius 2 is 1.67 bits per heavy atom. The lowest BCUT2D eigenvalue weighted by Crippen LogP contribution is -2.19. The van der Waals surface area contributed by atoms with Crippen LogP contribution in [0.5, 0.6) is 0 Å². The monoisotopic (exact) mass is 442 g/mol. The van der Waals surface area contributed by atoms with Crippen LogP contribution in [0.3, 0.4) is 0 Å². The van der Waals surface area contributed by atoms with Crippen LogP contribution in [0.4, 0.5) is 0 Å². The molecule has 2 nitrogen and oxygen atoms in total. The van der Waals surface area contributed by atoms with E-state index in [1.165, 1.54) is 5.57 Å². The molecule has 2 rings (SSSR count). The molecule has 2 aromatic rings. The summed E-state index contributed by atoms with van der Waals surface area (Å²) in [6.07, 6.45) is 21.7. The first-order valence-electron chi connectivity index (χ1n) is 12.1. The molecule has 0 bridgehead atoms. The molecule has 2 heteroatoms. The van der Waals surface area contributed by atoms with Crippen LogP contribution in [0.2, 0.25) is 0 Å². The molecule has 0 amide bonds. The van der Waals surface area contributed by atoms with E-state index >= 15 is 0 Å². The van der Waals surface area contributed by atoms with Gasteiger partial charge in [-0.2, -0.15) is 0 Å². The highest BCUT2D eigenvalue weighted by Gasteiger charge is 2.25. The SMILES string of the molecule is C=C(CCC(C)C)n1ccccccc(/C=C/C(C)(C)/C(=C/C=C\C)C(C)n2cccc2)c1. The topological polar surface area (TPSA) is 9.86 Å². The van der Waals surface area contributed by atoms with Gasteiger partial charge in [-0.3, -0.25) is 0 Å². The van der Waals surface area contributed by atoms with Crippen molar-refractivity contribution in [2.75, 3.05) is 0 Å². The lowest BCUT2D eigenvalue weighted by molar-refractivity contribution is 0.477. The van der Waals surface area contributed by atoms with Crippen molar-refractivity contribution in [1.82, 2.24) is 9.13 Å². The molecule has 0 radical (unpaired) electrons. The third-order valence-electron chi connectivity index (χ3n) is 5.96. The summed E-state index contributed by atoms with van der Waals surface area (Å²) in [6.45, 7) is 17.8. The summed E-state index contributed by atoms with van der Waals surface area (Å²) in [5.41, 5.74) is 3.49. The van der Waals surface area contributed by atoms with Gasteiger partial charge >= 0.3 is 0 Å². The Labute approximate surface area is 202 Å². The Bertz CT molecular complexity index is 1010. The molecular formula is C31H42N2. The van der Waals surface area contributed by atoms with Crippen molar-refractivity contribution in [3.8, 4) is 0 Å². The second-order valence-corrected chi connectivity index (χ2v) is 9.63. The number of aromatic nitrogens is 2. The summed E-state index contributed by atoms with van der Waals surface area (Å²) in [7, 11) is 0. The Morgan fingerprint density at radius 3 is 2.33 bits per heavy atom. The smallest absolute Gasteiger partial charge is 0.0523 e. The van der Waals surface area contributed by atoms with Gasteiger partial charge in [0.15, 0.2) is 0 Å². The summed E-state index contributed by atoms with van der Waals surface area (Å²) in [4.78, 5) is 0. The van der Waals surface area contributed by atoms with Crippen LogP contribution in [0.15, 0.2) is 104 Å². The van der Waals surface area contributed by atoms with E-state index in [1.54, 1.807) is 0 Å². The van der Waals surface area contributed by atoms with E-state index in [0.717, 1.165) is 24.1 Å². The maximum atomic E-state index is 4.35. The van der Waals surface area contributed by atoms with E-state index < -0.39 is 0 Å². The van der Waals surface area contributed by atoms with Crippen molar-refractivity contribution in [2.24, 2.45) is 11.3 Å². The van der Waals surface area contributed by atoms with Gasteiger partial charge in [0.1, 0.15) is 0 Å². The van der Waals surface area contributed by atoms with Crippen molar-refractivity contribution in [3.63, 3.8) is 0 Å². The van der Waals surface area contributed by atoms with E-state index in [2.05, 4.69) is 155 Å². The molecule has 0 aliphatic rings. The standard InChI is InChI=1S/C31H42N2/c1-8-9-17-30(28(5)32-22-14-15-23-32)31(6,7)21-20-29-16-12-10-11-13-24-33(25-29)27(4)19-18-26(2)3/h8-17,20-26,28H,4,18-19H2,1-3,5-7H3/b9-8-,11-10?,16-12?,21-20+,24-13?,29-25?,30-17+. The van der Waals surface area contributed by atoms with Gasteiger partial charge in [-0.1, -0.05) is 88.9 Å². The molecule has 0 saturated carbocycles. The summed E-state index contributed by atoms with van der Waals surface area (Å²) in [5.74, 6) is 0.664. The number of nitrogens with zero attached hydrogens (tertiary/aromatic N) is 2. The molecular weight excluding hydrogens is 400 g/mol. The van der Waals surface area contributed by atoms with Crippen LogP contribution < -0.4 is 0 Å². The third-order valence-corrected chi connectivity index (χ3v) is 5.96. The fourth-order valence-corrected chi connectivity index (χ4v) is 3.82. The van der Waals surface area contributed by atoms with Crippen molar-refractivity contribution in [2.45, 2.75) is 60.4 Å². The van der Waals surface area contributed by atoms with Gasteiger partial charge in [0.25, 0.3) is 0 Å². The first-order valence-corrected chi connectivity index (χ1v) is 12.1. The summed E-state index contributed by atoms with van der Waals surface area (Å²) < 4.78 is 4.42. The predicted molar refractivity (Wildman–Crippen MR) is 146 cm³/mol. The molecule has 1 atom stereocenters. The van der Waals surface area contributed by atoms with Crippen LogP contribution in [0, 0.1) is 11.3 Å². The second-order valence-electron chi connectivity index (χ2n) is 9.63. The van der Waals surface area contributed by atoms with Crippen LogP contribution >= 0.6 is 0 Å². The zero-order chi connectivity index (χ0) is 24.3.